The molecule has 6 heteroatoms. The molecule has 21 heavy (non-hydrogen) atoms. The van der Waals surface area contributed by atoms with Gasteiger partial charge in [0.15, 0.2) is 5.78 Å². The van der Waals surface area contributed by atoms with Gasteiger partial charge in [0, 0.05) is 6.07 Å². The van der Waals surface area contributed by atoms with Crippen LogP contribution in [0.4, 0.5) is 5.69 Å². The zero-order valence-electron chi connectivity index (χ0n) is 11.4. The summed E-state index contributed by atoms with van der Waals surface area (Å²) in [6.45, 7) is 3.49. The van der Waals surface area contributed by atoms with Gasteiger partial charge in [-0.05, 0) is 53.5 Å². The number of benzene rings is 1. The van der Waals surface area contributed by atoms with E-state index >= 15 is 0 Å². The Hall–Kier alpha value is -2.21. The van der Waals surface area contributed by atoms with Crippen molar-refractivity contribution < 1.29 is 14.1 Å². The first kappa shape index (κ1) is 15.2. The number of nitrogens with zero attached hydrogens (tertiary/aromatic N) is 1. The van der Waals surface area contributed by atoms with E-state index in [-0.39, 0.29) is 11.5 Å². The zero-order chi connectivity index (χ0) is 15.6. The Morgan fingerprint density at radius 2 is 2.05 bits per heavy atom. The average Bonchev–Trinajstić information content (AvgIpc) is 2.76. The summed E-state index contributed by atoms with van der Waals surface area (Å²) < 4.78 is 5.70. The molecule has 2 rings (SSSR count). The largest absolute Gasteiger partial charge is 0.466 e. The molecule has 0 saturated heterocycles. The van der Waals surface area contributed by atoms with Gasteiger partial charge in [0.05, 0.1) is 15.0 Å². The Labute approximate surface area is 129 Å². The zero-order valence-corrected chi connectivity index (χ0v) is 13.0. The van der Waals surface area contributed by atoms with E-state index < -0.39 is 4.92 Å². The molecule has 5 nitrogen and oxygen atoms in total. The maximum atomic E-state index is 12.0. The van der Waals surface area contributed by atoms with E-state index in [1.54, 1.807) is 38.1 Å². The van der Waals surface area contributed by atoms with Crippen molar-refractivity contribution in [2.24, 2.45) is 0 Å². The fourth-order valence-corrected chi connectivity index (χ4v) is 2.30. The van der Waals surface area contributed by atoms with Gasteiger partial charge in [0.25, 0.3) is 5.69 Å². The Kier molecular flexibility index (Phi) is 4.37. The summed E-state index contributed by atoms with van der Waals surface area (Å²) >= 11 is 3.11. The van der Waals surface area contributed by atoms with Crippen LogP contribution in [0.3, 0.4) is 0 Å². The number of nitro groups is 1. The summed E-state index contributed by atoms with van der Waals surface area (Å²) in [5.74, 6) is 1.03. The van der Waals surface area contributed by atoms with Gasteiger partial charge >= 0.3 is 0 Å². The van der Waals surface area contributed by atoms with Gasteiger partial charge in [-0.3, -0.25) is 14.9 Å². The molecule has 0 aliphatic rings. The lowest BCUT2D eigenvalue weighted by molar-refractivity contribution is -0.385. The van der Waals surface area contributed by atoms with Gasteiger partial charge in [-0.25, -0.2) is 0 Å². The highest BCUT2D eigenvalue weighted by molar-refractivity contribution is 9.10. The molecule has 0 atom stereocenters. The highest BCUT2D eigenvalue weighted by Gasteiger charge is 2.13. The van der Waals surface area contributed by atoms with Gasteiger partial charge < -0.3 is 4.42 Å². The molecule has 0 amide bonds. The van der Waals surface area contributed by atoms with E-state index in [2.05, 4.69) is 15.9 Å². The molecule has 1 aromatic heterocycles. The van der Waals surface area contributed by atoms with Crippen LogP contribution in [0, 0.1) is 24.0 Å². The Bertz CT molecular complexity index is 746. The number of hydrogen-bond donors (Lipinski definition) is 0. The van der Waals surface area contributed by atoms with Crippen molar-refractivity contribution in [3.05, 3.63) is 67.6 Å². The van der Waals surface area contributed by atoms with Crippen molar-refractivity contribution in [3.8, 4) is 0 Å². The number of ketones is 1. The second kappa shape index (κ2) is 6.05. The predicted octanol–water partition coefficient (Wildman–Crippen LogP) is 4.46. The summed E-state index contributed by atoms with van der Waals surface area (Å²) in [6.07, 6.45) is 2.92. The number of carbonyl (C=O) groups excluding carboxylic acids is 1. The van der Waals surface area contributed by atoms with Crippen molar-refractivity contribution in [1.82, 2.24) is 0 Å². The lowest BCUT2D eigenvalue weighted by Crippen LogP contribution is -1.94. The third-order valence-electron chi connectivity index (χ3n) is 2.90. The van der Waals surface area contributed by atoms with E-state index in [1.165, 1.54) is 12.1 Å². The molecular weight excluding hydrogens is 338 g/mol. The van der Waals surface area contributed by atoms with Crippen molar-refractivity contribution in [2.45, 2.75) is 13.8 Å². The van der Waals surface area contributed by atoms with Gasteiger partial charge in [-0.1, -0.05) is 12.1 Å². The smallest absolute Gasteiger partial charge is 0.284 e. The fourth-order valence-electron chi connectivity index (χ4n) is 1.91. The topological polar surface area (TPSA) is 73.3 Å². The Morgan fingerprint density at radius 1 is 1.33 bits per heavy atom. The number of rotatable bonds is 4. The third kappa shape index (κ3) is 3.46. The van der Waals surface area contributed by atoms with Crippen molar-refractivity contribution >= 4 is 33.5 Å². The number of allylic oxidation sites excluding steroid dienone is 1. The molecular formula is C15H12BrNO4. The summed E-state index contributed by atoms with van der Waals surface area (Å²) in [6, 6.07) is 6.34. The second-order valence-electron chi connectivity index (χ2n) is 4.49. The SMILES string of the molecule is Cc1cc(C(=O)/C=C/c2ccc(Br)c([N+](=O)[O-])c2)c(C)o1. The molecule has 1 aromatic carbocycles. The molecule has 0 radical (unpaired) electrons. The number of nitro benzene ring substituents is 1. The highest BCUT2D eigenvalue weighted by Crippen LogP contribution is 2.26. The summed E-state index contributed by atoms with van der Waals surface area (Å²) in [5.41, 5.74) is 1.03. The fraction of sp³-hybridized carbons (Fsp3) is 0.133. The van der Waals surface area contributed by atoms with Crippen LogP contribution >= 0.6 is 15.9 Å². The number of hydrogen-bond acceptors (Lipinski definition) is 4. The average molecular weight is 350 g/mol. The first-order chi connectivity index (χ1) is 9.88. The monoisotopic (exact) mass is 349 g/mol. The number of carbonyl (C=O) groups is 1. The molecule has 0 unspecified atom stereocenters. The Morgan fingerprint density at radius 3 is 2.62 bits per heavy atom. The number of aryl methyl sites for hydroxylation is 2. The minimum atomic E-state index is -0.479. The number of furan rings is 1. The van der Waals surface area contributed by atoms with E-state index in [0.29, 0.717) is 27.1 Å². The first-order valence-electron chi connectivity index (χ1n) is 6.12. The summed E-state index contributed by atoms with van der Waals surface area (Å²) in [7, 11) is 0. The molecule has 1 heterocycles. The third-order valence-corrected chi connectivity index (χ3v) is 3.57. The molecule has 0 spiro atoms. The van der Waals surface area contributed by atoms with Gasteiger partial charge in [-0.15, -0.1) is 0 Å². The maximum absolute atomic E-state index is 12.0. The highest BCUT2D eigenvalue weighted by atomic mass is 79.9. The lowest BCUT2D eigenvalue weighted by Gasteiger charge is -1.97. The van der Waals surface area contributed by atoms with Crippen LogP contribution in [0.5, 0.6) is 0 Å². The summed E-state index contributed by atoms with van der Waals surface area (Å²) in [4.78, 5) is 22.4. The van der Waals surface area contributed by atoms with Crippen LogP contribution in [0.25, 0.3) is 6.08 Å². The molecule has 0 aliphatic heterocycles. The molecule has 0 fully saturated rings. The van der Waals surface area contributed by atoms with Crippen molar-refractivity contribution in [1.29, 1.82) is 0 Å². The second-order valence-corrected chi connectivity index (χ2v) is 5.35. The van der Waals surface area contributed by atoms with Gasteiger partial charge in [-0.2, -0.15) is 0 Å². The van der Waals surface area contributed by atoms with E-state index in [4.69, 9.17) is 4.42 Å². The first-order valence-corrected chi connectivity index (χ1v) is 6.91. The van der Waals surface area contributed by atoms with Crippen LogP contribution in [0.2, 0.25) is 0 Å². The minimum absolute atomic E-state index is 0.0417. The van der Waals surface area contributed by atoms with E-state index in [1.807, 2.05) is 0 Å². The van der Waals surface area contributed by atoms with Crippen LogP contribution in [0.1, 0.15) is 27.4 Å². The van der Waals surface area contributed by atoms with Crippen molar-refractivity contribution in [2.75, 3.05) is 0 Å². The standard InChI is InChI=1S/C15H12BrNO4/c1-9-7-12(10(2)21-9)15(18)6-4-11-3-5-13(16)14(8-11)17(19)20/h3-8H,1-2H3/b6-4+. The van der Waals surface area contributed by atoms with Crippen LogP contribution in [-0.2, 0) is 0 Å². The Balaban J connectivity index is 2.25. The maximum Gasteiger partial charge on any atom is 0.284 e. The number of halogens is 1. The minimum Gasteiger partial charge on any atom is -0.466 e. The summed E-state index contributed by atoms with van der Waals surface area (Å²) in [5, 5.41) is 10.9. The molecule has 0 N–H and O–H groups in total. The van der Waals surface area contributed by atoms with Crippen LogP contribution in [0.15, 0.2) is 39.2 Å². The molecule has 108 valence electrons. The van der Waals surface area contributed by atoms with E-state index in [0.717, 1.165) is 0 Å². The quantitative estimate of drug-likeness (QED) is 0.353. The van der Waals surface area contributed by atoms with Crippen LogP contribution < -0.4 is 0 Å². The van der Waals surface area contributed by atoms with Gasteiger partial charge in [0.1, 0.15) is 11.5 Å². The molecule has 0 saturated carbocycles. The van der Waals surface area contributed by atoms with E-state index in [9.17, 15) is 14.9 Å². The van der Waals surface area contributed by atoms with Gasteiger partial charge in [0.2, 0.25) is 0 Å². The van der Waals surface area contributed by atoms with Crippen LogP contribution in [-0.4, -0.2) is 10.7 Å². The normalized spacial score (nSPS) is 11.0. The molecule has 0 aliphatic carbocycles. The lowest BCUT2D eigenvalue weighted by atomic mass is 10.1. The molecule has 0 bridgehead atoms. The van der Waals surface area contributed by atoms with Crippen molar-refractivity contribution in [3.63, 3.8) is 0 Å². The predicted molar refractivity (Wildman–Crippen MR) is 82.3 cm³/mol. The molecule has 2 aromatic rings.